The number of phenolic OH excluding ortho intramolecular Hbond substituents is 3. The third-order valence-electron chi connectivity index (χ3n) is 3.35. The molecule has 0 radical (unpaired) electrons. The molecule has 3 N–H and O–H groups in total. The van der Waals surface area contributed by atoms with Gasteiger partial charge in [0.25, 0.3) is 0 Å². The Kier molecular flexibility index (Phi) is 15.8. The van der Waals surface area contributed by atoms with E-state index >= 15 is 0 Å². The number of rotatable bonds is 0. The van der Waals surface area contributed by atoms with Crippen molar-refractivity contribution in [3.63, 3.8) is 0 Å². The summed E-state index contributed by atoms with van der Waals surface area (Å²) in [4.78, 5) is 0. The maximum atomic E-state index is 8.92. The summed E-state index contributed by atoms with van der Waals surface area (Å²) in [5.74, 6) is 1.10. The molecule has 3 aromatic rings. The molecule has 0 spiro atoms. The van der Waals surface area contributed by atoms with Gasteiger partial charge in [0, 0.05) is 0 Å². The number of para-hydroxylation sites is 3. The fraction of sp³-hybridized carbons (Fsp3) is 0.143. The molecule has 0 fully saturated rings. The standard InChI is InChI=1S/3C7H8O.2HI.Ti/c3*1-6-4-2-3-5-7(6)8;;;/h3*2-5,8H,1H3;2*1H;/q;;;;;+2/p-2. The number of aryl methyl sites for hydroxylation is 3. The van der Waals surface area contributed by atoms with Crippen molar-refractivity contribution in [3.8, 4) is 17.2 Å². The van der Waals surface area contributed by atoms with E-state index in [4.69, 9.17) is 15.3 Å². The monoisotopic (exact) mass is 626 g/mol. The second kappa shape index (κ2) is 16.2. The number of halogens is 2. The number of hydrogen-bond acceptors (Lipinski definition) is 3. The van der Waals surface area contributed by atoms with Gasteiger partial charge >= 0.3 is 50.0 Å². The van der Waals surface area contributed by atoms with Crippen molar-refractivity contribution in [2.45, 2.75) is 20.8 Å². The fourth-order valence-electron chi connectivity index (χ4n) is 1.69. The van der Waals surface area contributed by atoms with Gasteiger partial charge in [-0.25, -0.2) is 0 Å². The number of phenols is 3. The van der Waals surface area contributed by atoms with E-state index in [1.54, 1.807) is 18.2 Å². The SMILES string of the molecule is Cc1ccccc1O.Cc1ccccc1O.Cc1ccccc1O.[I][Ti][I]. The van der Waals surface area contributed by atoms with Gasteiger partial charge in [-0.05, 0) is 55.7 Å². The van der Waals surface area contributed by atoms with Crippen LogP contribution in [0.4, 0.5) is 0 Å². The zero-order valence-corrected chi connectivity index (χ0v) is 21.4. The van der Waals surface area contributed by atoms with E-state index in [0.717, 1.165) is 16.7 Å². The molecule has 144 valence electrons. The van der Waals surface area contributed by atoms with Gasteiger partial charge in [0.2, 0.25) is 0 Å². The summed E-state index contributed by atoms with van der Waals surface area (Å²) in [7, 11) is 0. The third-order valence-corrected chi connectivity index (χ3v) is 3.35. The second-order valence-corrected chi connectivity index (χ2v) is 18.6. The van der Waals surface area contributed by atoms with Gasteiger partial charge < -0.3 is 15.3 Å². The zero-order chi connectivity index (χ0) is 20.7. The van der Waals surface area contributed by atoms with Crippen LogP contribution >= 0.6 is 38.4 Å². The van der Waals surface area contributed by atoms with Gasteiger partial charge in [0.1, 0.15) is 17.2 Å². The van der Waals surface area contributed by atoms with Gasteiger partial charge in [-0.1, -0.05) is 54.6 Å². The summed E-state index contributed by atoms with van der Waals surface area (Å²) in [6.07, 6.45) is 0. The topological polar surface area (TPSA) is 60.7 Å². The first kappa shape index (κ1) is 26.2. The molecule has 6 heteroatoms. The average molecular weight is 626 g/mol. The molecular weight excluding hydrogens is 602 g/mol. The molecule has 3 aromatic carbocycles. The van der Waals surface area contributed by atoms with Gasteiger partial charge in [-0.2, -0.15) is 0 Å². The average Bonchev–Trinajstić information content (AvgIpc) is 2.64. The molecule has 0 aliphatic rings. The molecule has 0 unspecified atom stereocenters. The van der Waals surface area contributed by atoms with Crippen LogP contribution in [0.3, 0.4) is 0 Å². The molecule has 0 bridgehead atoms. The van der Waals surface area contributed by atoms with Crippen LogP contribution in [-0.2, 0) is 11.7 Å². The van der Waals surface area contributed by atoms with Crippen LogP contribution in [0, 0.1) is 20.8 Å². The minimum absolute atomic E-state index is 0.368. The number of hydrogen-bond donors (Lipinski definition) is 3. The van der Waals surface area contributed by atoms with Crippen LogP contribution in [0.1, 0.15) is 16.7 Å². The first-order chi connectivity index (χ1) is 12.8. The summed E-state index contributed by atoms with van der Waals surface area (Å²) >= 11 is 5.24. The van der Waals surface area contributed by atoms with Gasteiger partial charge in [0.15, 0.2) is 0 Å². The Labute approximate surface area is 191 Å². The van der Waals surface area contributed by atoms with Crippen molar-refractivity contribution in [1.82, 2.24) is 0 Å². The minimum atomic E-state index is 0.368. The van der Waals surface area contributed by atoms with E-state index in [9.17, 15) is 0 Å². The number of benzene rings is 3. The van der Waals surface area contributed by atoms with Crippen molar-refractivity contribution in [3.05, 3.63) is 89.5 Å². The van der Waals surface area contributed by atoms with E-state index < -0.39 is 0 Å². The molecule has 0 amide bonds. The predicted molar refractivity (Wildman–Crippen MR) is 127 cm³/mol. The van der Waals surface area contributed by atoms with E-state index in [1.807, 2.05) is 75.4 Å². The molecule has 0 aromatic heterocycles. The maximum absolute atomic E-state index is 8.92. The Bertz CT molecular complexity index is 616. The number of aromatic hydroxyl groups is 3. The summed E-state index contributed by atoms with van der Waals surface area (Å²) < 4.78 is 0. The normalized spacial score (nSPS) is 8.63. The molecule has 27 heavy (non-hydrogen) atoms. The van der Waals surface area contributed by atoms with Crippen molar-refractivity contribution < 1.29 is 27.0 Å². The Hall–Kier alpha value is -0.766. The molecule has 3 rings (SSSR count). The van der Waals surface area contributed by atoms with E-state index in [0.29, 0.717) is 28.9 Å². The van der Waals surface area contributed by atoms with Crippen LogP contribution in [0.2, 0.25) is 0 Å². The summed E-state index contributed by atoms with van der Waals surface area (Å²) in [6, 6.07) is 21.8. The molecule has 0 atom stereocenters. The molecule has 3 nitrogen and oxygen atoms in total. The van der Waals surface area contributed by atoms with Crippen LogP contribution < -0.4 is 0 Å². The van der Waals surface area contributed by atoms with Gasteiger partial charge in [0.05, 0.1) is 0 Å². The third kappa shape index (κ3) is 13.1. The quantitative estimate of drug-likeness (QED) is 0.189. The van der Waals surface area contributed by atoms with E-state index in [1.165, 1.54) is 0 Å². The Morgan fingerprint density at radius 1 is 0.519 bits per heavy atom. The van der Waals surface area contributed by atoms with Crippen LogP contribution in [0.5, 0.6) is 17.2 Å². The second-order valence-electron chi connectivity index (χ2n) is 5.43. The van der Waals surface area contributed by atoms with Crippen molar-refractivity contribution >= 4 is 38.4 Å². The predicted octanol–water partition coefficient (Wildman–Crippen LogP) is 6.87. The van der Waals surface area contributed by atoms with E-state index in [-0.39, 0.29) is 0 Å². The molecule has 0 saturated heterocycles. The molecular formula is C21H24I2O3Ti. The van der Waals surface area contributed by atoms with Crippen molar-refractivity contribution in [2.24, 2.45) is 0 Å². The first-order valence-electron chi connectivity index (χ1n) is 8.03. The fourth-order valence-corrected chi connectivity index (χ4v) is 1.69. The summed E-state index contributed by atoms with van der Waals surface area (Å²) in [6.45, 7) is 5.61. The first-order valence-corrected chi connectivity index (χ1v) is 18.1. The molecule has 0 aliphatic carbocycles. The zero-order valence-electron chi connectivity index (χ0n) is 15.5. The van der Waals surface area contributed by atoms with Crippen LogP contribution in [0.25, 0.3) is 0 Å². The Morgan fingerprint density at radius 2 is 0.704 bits per heavy atom. The molecule has 0 heterocycles. The van der Waals surface area contributed by atoms with Gasteiger partial charge in [-0.3, -0.25) is 0 Å². The van der Waals surface area contributed by atoms with Crippen LogP contribution in [0.15, 0.2) is 72.8 Å². The van der Waals surface area contributed by atoms with Crippen LogP contribution in [-0.4, -0.2) is 15.3 Å². The van der Waals surface area contributed by atoms with Crippen molar-refractivity contribution in [1.29, 1.82) is 0 Å². The summed E-state index contributed by atoms with van der Waals surface area (Å²) in [5, 5.41) is 26.8. The van der Waals surface area contributed by atoms with Gasteiger partial charge in [-0.15, -0.1) is 0 Å². The van der Waals surface area contributed by atoms with Crippen molar-refractivity contribution in [2.75, 3.05) is 0 Å². The summed E-state index contributed by atoms with van der Waals surface area (Å²) in [5.41, 5.74) is 2.77. The van der Waals surface area contributed by atoms with E-state index in [2.05, 4.69) is 38.4 Å². The molecule has 0 aliphatic heterocycles. The molecule has 0 saturated carbocycles. The Morgan fingerprint density at radius 3 is 0.815 bits per heavy atom. The Balaban J connectivity index is 0.000000350.